The molecule has 6 heteroatoms. The topological polar surface area (TPSA) is 70.8 Å². The van der Waals surface area contributed by atoms with Gasteiger partial charge in [0.25, 0.3) is 5.91 Å². The first-order valence-electron chi connectivity index (χ1n) is 4.42. The van der Waals surface area contributed by atoms with E-state index in [1.807, 2.05) is 0 Å². The number of carbonyl (C=O) groups is 2. The van der Waals surface area contributed by atoms with Crippen molar-refractivity contribution in [3.05, 3.63) is 35.2 Å². The van der Waals surface area contributed by atoms with E-state index in [0.29, 0.717) is 4.67 Å². The third-order valence-electron chi connectivity index (χ3n) is 1.75. The molecule has 1 aromatic heterocycles. The standard InChI is InChI=1S/C10H10BrNO4/c1-2-5-12(6-9(13)14)10(15)7-3-4-8(11)16-7/h2-4H,1,5-6H2,(H,13,14). The van der Waals surface area contributed by atoms with Gasteiger partial charge in [-0.25, -0.2) is 0 Å². The summed E-state index contributed by atoms with van der Waals surface area (Å²) in [5.41, 5.74) is 0. The zero-order valence-corrected chi connectivity index (χ0v) is 9.94. The summed E-state index contributed by atoms with van der Waals surface area (Å²) in [5.74, 6) is -1.47. The van der Waals surface area contributed by atoms with Gasteiger partial charge in [0.05, 0.1) is 0 Å². The molecular formula is C10H10BrNO4. The Hall–Kier alpha value is -1.56. The number of rotatable bonds is 5. The zero-order chi connectivity index (χ0) is 12.1. The average Bonchev–Trinajstić information content (AvgIpc) is 2.62. The summed E-state index contributed by atoms with van der Waals surface area (Å²) in [5, 5.41) is 8.64. The van der Waals surface area contributed by atoms with Crippen molar-refractivity contribution in [3.8, 4) is 0 Å². The minimum absolute atomic E-state index is 0.0926. The van der Waals surface area contributed by atoms with Crippen molar-refractivity contribution >= 4 is 27.8 Å². The SMILES string of the molecule is C=CCN(CC(=O)O)C(=O)c1ccc(Br)o1. The largest absolute Gasteiger partial charge is 0.480 e. The number of amides is 1. The fourth-order valence-electron chi connectivity index (χ4n) is 1.12. The van der Waals surface area contributed by atoms with E-state index in [9.17, 15) is 9.59 Å². The maximum atomic E-state index is 11.8. The number of hydrogen-bond acceptors (Lipinski definition) is 3. The van der Waals surface area contributed by atoms with Gasteiger partial charge in [0.1, 0.15) is 6.54 Å². The second-order valence-electron chi connectivity index (χ2n) is 2.97. The predicted molar refractivity (Wildman–Crippen MR) is 60.1 cm³/mol. The molecule has 0 aliphatic heterocycles. The van der Waals surface area contributed by atoms with Crippen molar-refractivity contribution in [2.24, 2.45) is 0 Å². The Morgan fingerprint density at radius 1 is 1.56 bits per heavy atom. The number of carboxylic acids is 1. The molecule has 0 radical (unpaired) electrons. The normalized spacial score (nSPS) is 9.81. The number of aliphatic carboxylic acids is 1. The summed E-state index contributed by atoms with van der Waals surface area (Å²) >= 11 is 3.07. The second-order valence-corrected chi connectivity index (χ2v) is 3.75. The monoisotopic (exact) mass is 287 g/mol. The number of carbonyl (C=O) groups excluding carboxylic acids is 1. The Bertz CT molecular complexity index is 413. The first-order valence-corrected chi connectivity index (χ1v) is 5.21. The Morgan fingerprint density at radius 3 is 2.69 bits per heavy atom. The number of carboxylic acid groups (broad SMARTS) is 1. The van der Waals surface area contributed by atoms with Crippen LogP contribution in [0.4, 0.5) is 0 Å². The minimum atomic E-state index is -1.08. The lowest BCUT2D eigenvalue weighted by Gasteiger charge is -2.16. The van der Waals surface area contributed by atoms with Gasteiger partial charge in [-0.1, -0.05) is 6.08 Å². The third kappa shape index (κ3) is 3.23. The zero-order valence-electron chi connectivity index (χ0n) is 8.35. The average molecular weight is 288 g/mol. The number of nitrogens with zero attached hydrogens (tertiary/aromatic N) is 1. The lowest BCUT2D eigenvalue weighted by molar-refractivity contribution is -0.137. The van der Waals surface area contributed by atoms with Crippen LogP contribution in [0.1, 0.15) is 10.6 Å². The van der Waals surface area contributed by atoms with Crippen LogP contribution in [0.2, 0.25) is 0 Å². The van der Waals surface area contributed by atoms with E-state index in [4.69, 9.17) is 9.52 Å². The minimum Gasteiger partial charge on any atom is -0.480 e. The molecule has 1 amide bonds. The molecule has 0 unspecified atom stereocenters. The highest BCUT2D eigenvalue weighted by Crippen LogP contribution is 2.15. The molecule has 86 valence electrons. The summed E-state index contributed by atoms with van der Waals surface area (Å²) in [7, 11) is 0. The second kappa shape index (κ2) is 5.50. The van der Waals surface area contributed by atoms with Crippen molar-refractivity contribution in [2.75, 3.05) is 13.1 Å². The molecule has 5 nitrogen and oxygen atoms in total. The van der Waals surface area contributed by atoms with Crippen LogP contribution in [0.15, 0.2) is 33.9 Å². The first-order chi connectivity index (χ1) is 7.54. The molecule has 0 atom stereocenters. The van der Waals surface area contributed by atoms with Gasteiger partial charge in [-0.15, -0.1) is 6.58 Å². The summed E-state index contributed by atoms with van der Waals surface area (Å²) in [6.45, 7) is 3.23. The molecule has 1 heterocycles. The number of halogens is 1. The Kier molecular flexibility index (Phi) is 4.30. The fourth-order valence-corrected chi connectivity index (χ4v) is 1.43. The van der Waals surface area contributed by atoms with E-state index < -0.39 is 11.9 Å². The molecule has 0 saturated carbocycles. The third-order valence-corrected chi connectivity index (χ3v) is 2.17. The molecule has 0 bridgehead atoms. The van der Waals surface area contributed by atoms with E-state index in [0.717, 1.165) is 4.90 Å². The van der Waals surface area contributed by atoms with Crippen molar-refractivity contribution in [2.45, 2.75) is 0 Å². The molecule has 1 aromatic rings. The fraction of sp³-hybridized carbons (Fsp3) is 0.200. The Labute approximate surface area is 100 Å². The van der Waals surface area contributed by atoms with Gasteiger partial charge in [-0.2, -0.15) is 0 Å². The molecule has 0 aliphatic rings. The molecule has 0 fully saturated rings. The highest BCUT2D eigenvalue weighted by Gasteiger charge is 2.20. The van der Waals surface area contributed by atoms with Gasteiger partial charge in [0.2, 0.25) is 0 Å². The van der Waals surface area contributed by atoms with Crippen LogP contribution in [-0.4, -0.2) is 35.0 Å². The van der Waals surface area contributed by atoms with Crippen LogP contribution in [0, 0.1) is 0 Å². The van der Waals surface area contributed by atoms with Crippen molar-refractivity contribution in [1.29, 1.82) is 0 Å². The van der Waals surface area contributed by atoms with Gasteiger partial charge in [-0.3, -0.25) is 9.59 Å². The van der Waals surface area contributed by atoms with Gasteiger partial charge in [0.15, 0.2) is 10.4 Å². The van der Waals surface area contributed by atoms with E-state index in [-0.39, 0.29) is 18.8 Å². The molecule has 0 spiro atoms. The number of hydrogen-bond donors (Lipinski definition) is 1. The van der Waals surface area contributed by atoms with Crippen molar-refractivity contribution in [3.63, 3.8) is 0 Å². The molecular weight excluding hydrogens is 278 g/mol. The Balaban J connectivity index is 2.81. The molecule has 1 rings (SSSR count). The quantitative estimate of drug-likeness (QED) is 0.838. The van der Waals surface area contributed by atoms with Gasteiger partial charge in [0, 0.05) is 6.54 Å². The highest BCUT2D eigenvalue weighted by atomic mass is 79.9. The Morgan fingerprint density at radius 2 is 2.25 bits per heavy atom. The molecule has 1 N–H and O–H groups in total. The summed E-state index contributed by atoms with van der Waals surface area (Å²) < 4.78 is 5.47. The van der Waals surface area contributed by atoms with Crippen molar-refractivity contribution in [1.82, 2.24) is 4.90 Å². The van der Waals surface area contributed by atoms with E-state index in [2.05, 4.69) is 22.5 Å². The smallest absolute Gasteiger partial charge is 0.323 e. The maximum Gasteiger partial charge on any atom is 0.323 e. The highest BCUT2D eigenvalue weighted by molar-refractivity contribution is 9.10. The van der Waals surface area contributed by atoms with Crippen LogP contribution in [0.3, 0.4) is 0 Å². The molecule has 0 aliphatic carbocycles. The van der Waals surface area contributed by atoms with Gasteiger partial charge < -0.3 is 14.4 Å². The van der Waals surface area contributed by atoms with E-state index in [1.165, 1.54) is 12.1 Å². The number of furan rings is 1. The maximum absolute atomic E-state index is 11.8. The van der Waals surface area contributed by atoms with Crippen molar-refractivity contribution < 1.29 is 19.1 Å². The first kappa shape index (κ1) is 12.5. The lowest BCUT2D eigenvalue weighted by atomic mass is 10.3. The molecule has 0 saturated heterocycles. The van der Waals surface area contributed by atoms with Crippen LogP contribution < -0.4 is 0 Å². The summed E-state index contributed by atoms with van der Waals surface area (Å²) in [6, 6.07) is 3.05. The summed E-state index contributed by atoms with van der Waals surface area (Å²) in [6.07, 6.45) is 1.46. The van der Waals surface area contributed by atoms with E-state index in [1.54, 1.807) is 6.07 Å². The lowest BCUT2D eigenvalue weighted by Crippen LogP contribution is -2.35. The predicted octanol–water partition coefficient (Wildman–Crippen LogP) is 1.75. The van der Waals surface area contributed by atoms with Gasteiger partial charge >= 0.3 is 5.97 Å². The van der Waals surface area contributed by atoms with Gasteiger partial charge in [-0.05, 0) is 28.1 Å². The van der Waals surface area contributed by atoms with Crippen LogP contribution in [-0.2, 0) is 4.79 Å². The summed E-state index contributed by atoms with van der Waals surface area (Å²) in [4.78, 5) is 23.5. The molecule has 0 aromatic carbocycles. The van der Waals surface area contributed by atoms with E-state index >= 15 is 0 Å². The molecule has 16 heavy (non-hydrogen) atoms. The van der Waals surface area contributed by atoms with Crippen LogP contribution in [0.25, 0.3) is 0 Å². The van der Waals surface area contributed by atoms with Crippen LogP contribution in [0.5, 0.6) is 0 Å². The van der Waals surface area contributed by atoms with Crippen LogP contribution >= 0.6 is 15.9 Å².